The van der Waals surface area contributed by atoms with Gasteiger partial charge in [-0.2, -0.15) is 0 Å². The Kier molecular flexibility index (Phi) is 5.15. The van der Waals surface area contributed by atoms with E-state index in [0.29, 0.717) is 23.7 Å². The van der Waals surface area contributed by atoms with Crippen molar-refractivity contribution in [2.45, 2.75) is 112 Å². The molecular formula is C30H48O3. The number of carboxylic acid groups (broad SMARTS) is 1. The molecule has 33 heavy (non-hydrogen) atoms. The minimum Gasteiger partial charge on any atom is -0.481 e. The number of hydrogen-bond donors (Lipinski definition) is 2. The van der Waals surface area contributed by atoms with Gasteiger partial charge in [-0.15, -0.1) is 0 Å². The smallest absolute Gasteiger partial charge is 0.312 e. The van der Waals surface area contributed by atoms with E-state index < -0.39 is 17.5 Å². The maximum absolute atomic E-state index is 12.5. The predicted molar refractivity (Wildman–Crippen MR) is 133 cm³/mol. The van der Waals surface area contributed by atoms with Crippen molar-refractivity contribution in [1.29, 1.82) is 0 Å². The molecule has 4 fully saturated rings. The van der Waals surface area contributed by atoms with Crippen LogP contribution in [-0.2, 0) is 4.79 Å². The van der Waals surface area contributed by atoms with Gasteiger partial charge in [0, 0.05) is 0 Å². The predicted octanol–water partition coefficient (Wildman–Crippen LogP) is 7.09. The van der Waals surface area contributed by atoms with Crippen LogP contribution < -0.4 is 0 Å². The Labute approximate surface area is 201 Å². The van der Waals surface area contributed by atoms with Gasteiger partial charge in [-0.05, 0) is 116 Å². The molecule has 0 heterocycles. The summed E-state index contributed by atoms with van der Waals surface area (Å²) in [5, 5.41) is 21.1. The molecule has 0 bridgehead atoms. The Balaban J connectivity index is 1.60. The third-order valence-corrected chi connectivity index (χ3v) is 13.5. The zero-order valence-corrected chi connectivity index (χ0v) is 22.2. The second kappa shape index (κ2) is 7.11. The van der Waals surface area contributed by atoms with E-state index in [1.165, 1.54) is 25.7 Å². The molecule has 0 spiro atoms. The molecule has 0 aromatic carbocycles. The molecule has 3 heteroatoms. The van der Waals surface area contributed by atoms with Gasteiger partial charge in [-0.1, -0.05) is 53.2 Å². The van der Waals surface area contributed by atoms with Crippen molar-refractivity contribution in [2.24, 2.45) is 56.7 Å². The van der Waals surface area contributed by atoms with Crippen LogP contribution in [0.15, 0.2) is 11.6 Å². The molecule has 0 aromatic heterocycles. The van der Waals surface area contributed by atoms with E-state index >= 15 is 0 Å². The average molecular weight is 457 g/mol. The van der Waals surface area contributed by atoms with Crippen LogP contribution in [0, 0.1) is 56.7 Å². The van der Waals surface area contributed by atoms with E-state index in [2.05, 4.69) is 47.6 Å². The summed E-state index contributed by atoms with van der Waals surface area (Å²) < 4.78 is 0. The van der Waals surface area contributed by atoms with Gasteiger partial charge in [0.25, 0.3) is 0 Å². The van der Waals surface area contributed by atoms with Gasteiger partial charge < -0.3 is 10.2 Å². The Morgan fingerprint density at radius 2 is 1.61 bits per heavy atom. The first-order chi connectivity index (χ1) is 15.3. The summed E-state index contributed by atoms with van der Waals surface area (Å²) in [5.74, 6) is 1.96. The van der Waals surface area contributed by atoms with Gasteiger partial charge >= 0.3 is 5.97 Å². The van der Waals surface area contributed by atoms with E-state index in [1.54, 1.807) is 5.57 Å². The highest BCUT2D eigenvalue weighted by molar-refractivity contribution is 5.76. The third-order valence-electron chi connectivity index (χ3n) is 13.5. The van der Waals surface area contributed by atoms with Crippen molar-refractivity contribution < 1.29 is 15.0 Å². The van der Waals surface area contributed by atoms with Crippen molar-refractivity contribution in [3.05, 3.63) is 11.6 Å². The first kappa shape index (κ1) is 23.9. The Bertz CT molecular complexity index is 878. The first-order valence-corrected chi connectivity index (χ1v) is 13.9. The summed E-state index contributed by atoms with van der Waals surface area (Å²) in [7, 11) is 0. The first-order valence-electron chi connectivity index (χ1n) is 13.9. The molecule has 4 saturated carbocycles. The van der Waals surface area contributed by atoms with Crippen LogP contribution in [0.5, 0.6) is 0 Å². The molecule has 11 atom stereocenters. The number of allylic oxidation sites excluding steroid dienone is 2. The number of fused-ring (bicyclic) bond motifs is 7. The summed E-state index contributed by atoms with van der Waals surface area (Å²) in [5.41, 5.74) is 1.56. The van der Waals surface area contributed by atoms with E-state index in [1.807, 2.05) is 6.92 Å². The summed E-state index contributed by atoms with van der Waals surface area (Å²) in [6.07, 6.45) is 12.0. The summed E-state index contributed by atoms with van der Waals surface area (Å²) in [6.45, 7) is 17.0. The molecule has 5 rings (SSSR count). The number of aliphatic carboxylic acids is 1. The van der Waals surface area contributed by atoms with Gasteiger partial charge in [-0.25, -0.2) is 0 Å². The maximum Gasteiger partial charge on any atom is 0.312 e. The molecule has 0 aromatic rings. The molecule has 0 amide bonds. The minimum atomic E-state index is -1.03. The number of rotatable bonds is 1. The van der Waals surface area contributed by atoms with Gasteiger partial charge in [0.15, 0.2) is 0 Å². The van der Waals surface area contributed by atoms with E-state index in [-0.39, 0.29) is 22.2 Å². The lowest BCUT2D eigenvalue weighted by atomic mass is 9.33. The maximum atomic E-state index is 12.5. The second-order valence-corrected chi connectivity index (χ2v) is 14.4. The fraction of sp³-hybridized carbons (Fsp3) is 0.900. The van der Waals surface area contributed by atoms with E-state index in [4.69, 9.17) is 0 Å². The lowest BCUT2D eigenvalue weighted by molar-refractivity contribution is -0.217. The van der Waals surface area contributed by atoms with Crippen LogP contribution in [0.3, 0.4) is 0 Å². The molecule has 2 N–H and O–H groups in total. The Morgan fingerprint density at radius 1 is 0.909 bits per heavy atom. The van der Waals surface area contributed by atoms with Crippen molar-refractivity contribution >= 4 is 5.97 Å². The zero-order chi connectivity index (χ0) is 24.2. The van der Waals surface area contributed by atoms with E-state index in [9.17, 15) is 15.0 Å². The molecule has 0 unspecified atom stereocenters. The highest BCUT2D eigenvalue weighted by Crippen LogP contribution is 2.75. The Hall–Kier alpha value is -0.830. The zero-order valence-electron chi connectivity index (χ0n) is 22.2. The standard InChI is InChI=1S/C30H48O3/c1-18-10-13-26(3)16-17-28(5)20(24(26)19(18)2)8-9-21-27(4)14-12-23(31)30(7,25(32)33)22(27)11-15-29(21,28)6/h8,18-19,21-24,31H,9-17H2,1-7H3,(H,32,33)/t18-,19+,21+,22+,23+,24+,26-,27-,28-,29-,30-/m1/s1. The van der Waals surface area contributed by atoms with Crippen LogP contribution in [0.2, 0.25) is 0 Å². The highest BCUT2D eigenvalue weighted by atomic mass is 16.4. The fourth-order valence-corrected chi connectivity index (χ4v) is 10.8. The topological polar surface area (TPSA) is 57.5 Å². The molecule has 186 valence electrons. The largest absolute Gasteiger partial charge is 0.481 e. The van der Waals surface area contributed by atoms with Crippen molar-refractivity contribution in [3.8, 4) is 0 Å². The number of carboxylic acids is 1. The van der Waals surface area contributed by atoms with Crippen molar-refractivity contribution in [1.82, 2.24) is 0 Å². The van der Waals surface area contributed by atoms with Gasteiger partial charge in [0.1, 0.15) is 0 Å². The van der Waals surface area contributed by atoms with Crippen LogP contribution in [0.1, 0.15) is 106 Å². The molecule has 0 saturated heterocycles. The number of aliphatic hydroxyl groups is 1. The average Bonchev–Trinajstić information content (AvgIpc) is 2.75. The molecule has 5 aliphatic rings. The van der Waals surface area contributed by atoms with Gasteiger partial charge in [0.2, 0.25) is 0 Å². The summed E-state index contributed by atoms with van der Waals surface area (Å²) in [4.78, 5) is 12.5. The van der Waals surface area contributed by atoms with Gasteiger partial charge in [0.05, 0.1) is 11.5 Å². The van der Waals surface area contributed by atoms with Crippen LogP contribution in [0.4, 0.5) is 0 Å². The monoisotopic (exact) mass is 456 g/mol. The molecule has 0 aliphatic heterocycles. The summed E-state index contributed by atoms with van der Waals surface area (Å²) in [6, 6.07) is 0. The summed E-state index contributed by atoms with van der Waals surface area (Å²) >= 11 is 0. The third kappa shape index (κ3) is 2.75. The lowest BCUT2D eigenvalue weighted by Crippen LogP contribution is -2.66. The molecule has 0 radical (unpaired) electrons. The quantitative estimate of drug-likeness (QED) is 0.414. The molecule has 3 nitrogen and oxygen atoms in total. The van der Waals surface area contributed by atoms with Crippen LogP contribution in [0.25, 0.3) is 0 Å². The van der Waals surface area contributed by atoms with Crippen molar-refractivity contribution in [2.75, 3.05) is 0 Å². The number of hydrogen-bond acceptors (Lipinski definition) is 2. The van der Waals surface area contributed by atoms with Crippen molar-refractivity contribution in [3.63, 3.8) is 0 Å². The normalized spacial score (nSPS) is 58.2. The SMILES string of the molecule is C[C@H]1[C@H](C)CC[C@]2(C)CC[C@]3(C)C(=CC[C@H]4[C@@]5(C)CC[C@H](O)[C@](C)(C(=O)O)[C@H]5CC[C@]43C)[C@H]12. The lowest BCUT2D eigenvalue weighted by Gasteiger charge is -2.71. The number of carbonyl (C=O) groups is 1. The molecular weight excluding hydrogens is 408 g/mol. The van der Waals surface area contributed by atoms with Gasteiger partial charge in [-0.3, -0.25) is 4.79 Å². The minimum absolute atomic E-state index is 0.0311. The molecule has 5 aliphatic carbocycles. The second-order valence-electron chi connectivity index (χ2n) is 14.4. The van der Waals surface area contributed by atoms with Crippen LogP contribution >= 0.6 is 0 Å². The van der Waals surface area contributed by atoms with E-state index in [0.717, 1.165) is 37.5 Å². The van der Waals surface area contributed by atoms with Crippen LogP contribution in [-0.4, -0.2) is 22.3 Å². The fourth-order valence-electron chi connectivity index (χ4n) is 10.8. The highest BCUT2D eigenvalue weighted by Gasteiger charge is 2.69. The Morgan fingerprint density at radius 3 is 2.27 bits per heavy atom. The number of aliphatic hydroxyl groups excluding tert-OH is 1.